The van der Waals surface area contributed by atoms with E-state index in [1.807, 2.05) is 24.3 Å². The van der Waals surface area contributed by atoms with Crippen molar-refractivity contribution in [2.24, 2.45) is 0 Å². The number of H-pyrrole nitrogens is 1. The molecule has 0 fully saturated rings. The first-order valence-corrected chi connectivity index (χ1v) is 7.49. The Labute approximate surface area is 117 Å². The summed E-state index contributed by atoms with van der Waals surface area (Å²) in [7, 11) is 0. The molecule has 0 aliphatic rings. The minimum atomic E-state index is 0.796. The van der Waals surface area contributed by atoms with E-state index in [4.69, 9.17) is 12.2 Å². The minimum absolute atomic E-state index is 0.796. The number of thiocarbonyl (C=S) groups is 1. The molecule has 0 bridgehead atoms. The monoisotopic (exact) mass is 279 g/mol. The fraction of sp³-hybridized carbons (Fsp3) is 0.385. The summed E-state index contributed by atoms with van der Waals surface area (Å²) in [6, 6.07) is 8.07. The summed E-state index contributed by atoms with van der Waals surface area (Å²) in [5.41, 5.74) is 2.10. The number of rotatable bonds is 4. The van der Waals surface area contributed by atoms with Crippen LogP contribution in [0.1, 0.15) is 19.7 Å². The zero-order valence-electron chi connectivity index (χ0n) is 10.6. The van der Waals surface area contributed by atoms with Crippen LogP contribution in [-0.4, -0.2) is 32.3 Å². The lowest BCUT2D eigenvalue weighted by Crippen LogP contribution is -2.26. The van der Waals surface area contributed by atoms with Gasteiger partial charge in [0.05, 0.1) is 16.8 Å². The molecule has 0 saturated heterocycles. The van der Waals surface area contributed by atoms with Crippen molar-refractivity contribution in [1.82, 2.24) is 14.9 Å². The van der Waals surface area contributed by atoms with Crippen molar-refractivity contribution in [2.75, 3.05) is 13.1 Å². The molecule has 0 atom stereocenters. The van der Waals surface area contributed by atoms with Crippen molar-refractivity contribution in [1.29, 1.82) is 0 Å². The van der Waals surface area contributed by atoms with Crippen LogP contribution in [-0.2, 0) is 5.75 Å². The highest BCUT2D eigenvalue weighted by Gasteiger charge is 2.08. The molecule has 0 spiro atoms. The average molecular weight is 279 g/mol. The van der Waals surface area contributed by atoms with Crippen LogP contribution in [0.5, 0.6) is 0 Å². The first-order valence-electron chi connectivity index (χ1n) is 6.10. The number of para-hydroxylation sites is 2. The number of aromatic nitrogens is 2. The largest absolute Gasteiger partial charge is 0.358 e. The average Bonchev–Trinajstić information content (AvgIpc) is 2.80. The SMILES string of the molecule is CCN(CC)C(=S)SCc1nc2ccccc2[nH]1. The van der Waals surface area contributed by atoms with Crippen LogP contribution >= 0.6 is 24.0 Å². The van der Waals surface area contributed by atoms with Gasteiger partial charge in [-0.2, -0.15) is 0 Å². The lowest BCUT2D eigenvalue weighted by molar-refractivity contribution is 0.482. The first-order chi connectivity index (χ1) is 8.74. The number of benzene rings is 1. The normalized spacial score (nSPS) is 10.8. The Bertz CT molecular complexity index is 499. The van der Waals surface area contributed by atoms with Gasteiger partial charge in [0.2, 0.25) is 0 Å². The van der Waals surface area contributed by atoms with E-state index in [1.165, 1.54) is 0 Å². The van der Waals surface area contributed by atoms with Crippen molar-refractivity contribution in [3.05, 3.63) is 30.1 Å². The van der Waals surface area contributed by atoms with Gasteiger partial charge >= 0.3 is 0 Å². The third kappa shape index (κ3) is 3.03. The van der Waals surface area contributed by atoms with E-state index in [-0.39, 0.29) is 0 Å². The van der Waals surface area contributed by atoms with Crippen molar-refractivity contribution in [3.63, 3.8) is 0 Å². The van der Waals surface area contributed by atoms with E-state index in [0.29, 0.717) is 0 Å². The molecule has 1 aromatic carbocycles. The molecule has 0 aliphatic heterocycles. The van der Waals surface area contributed by atoms with Gasteiger partial charge in [-0.3, -0.25) is 0 Å². The number of thioether (sulfide) groups is 1. The Balaban J connectivity index is 1.99. The summed E-state index contributed by atoms with van der Waals surface area (Å²) in [5, 5.41) is 0. The van der Waals surface area contributed by atoms with E-state index in [2.05, 4.69) is 28.7 Å². The van der Waals surface area contributed by atoms with Gasteiger partial charge in [-0.1, -0.05) is 36.1 Å². The lowest BCUT2D eigenvalue weighted by Gasteiger charge is -2.20. The molecule has 1 N–H and O–H groups in total. The number of nitrogens with zero attached hydrogens (tertiary/aromatic N) is 2. The molecule has 0 saturated carbocycles. The van der Waals surface area contributed by atoms with Gasteiger partial charge in [0.15, 0.2) is 0 Å². The highest BCUT2D eigenvalue weighted by Crippen LogP contribution is 2.17. The van der Waals surface area contributed by atoms with Gasteiger partial charge in [0.1, 0.15) is 10.1 Å². The van der Waals surface area contributed by atoms with Crippen LogP contribution in [0, 0.1) is 0 Å². The second-order valence-corrected chi connectivity index (χ2v) is 5.54. The van der Waals surface area contributed by atoms with Crippen LogP contribution in [0.2, 0.25) is 0 Å². The number of fused-ring (bicyclic) bond motifs is 1. The fourth-order valence-electron chi connectivity index (χ4n) is 1.78. The number of hydrogen-bond donors (Lipinski definition) is 1. The van der Waals surface area contributed by atoms with E-state index in [1.54, 1.807) is 11.8 Å². The topological polar surface area (TPSA) is 31.9 Å². The molecule has 1 aromatic heterocycles. The van der Waals surface area contributed by atoms with Crippen molar-refractivity contribution >= 4 is 39.3 Å². The summed E-state index contributed by atoms with van der Waals surface area (Å²) in [5.74, 6) is 1.78. The zero-order chi connectivity index (χ0) is 13.0. The Kier molecular flexibility index (Phi) is 4.60. The van der Waals surface area contributed by atoms with Gasteiger partial charge in [-0.25, -0.2) is 4.98 Å². The van der Waals surface area contributed by atoms with Gasteiger partial charge in [0, 0.05) is 13.1 Å². The second kappa shape index (κ2) is 6.20. The van der Waals surface area contributed by atoms with E-state index < -0.39 is 0 Å². The van der Waals surface area contributed by atoms with E-state index >= 15 is 0 Å². The number of imidazole rings is 1. The Morgan fingerprint density at radius 3 is 2.72 bits per heavy atom. The molecule has 0 amide bonds. The number of hydrogen-bond acceptors (Lipinski definition) is 3. The zero-order valence-corrected chi connectivity index (χ0v) is 12.3. The summed E-state index contributed by atoms with van der Waals surface area (Å²) in [6.07, 6.45) is 0. The molecule has 96 valence electrons. The highest BCUT2D eigenvalue weighted by atomic mass is 32.2. The van der Waals surface area contributed by atoms with Crippen LogP contribution in [0.25, 0.3) is 11.0 Å². The summed E-state index contributed by atoms with van der Waals surface area (Å²) < 4.78 is 0.945. The molecule has 2 rings (SSSR count). The van der Waals surface area contributed by atoms with Crippen LogP contribution in [0.3, 0.4) is 0 Å². The van der Waals surface area contributed by atoms with Gasteiger partial charge in [-0.05, 0) is 26.0 Å². The van der Waals surface area contributed by atoms with Crippen LogP contribution in [0.15, 0.2) is 24.3 Å². The van der Waals surface area contributed by atoms with Gasteiger partial charge < -0.3 is 9.88 Å². The molecule has 2 aromatic rings. The van der Waals surface area contributed by atoms with E-state index in [9.17, 15) is 0 Å². The predicted octanol–water partition coefficient (Wildman–Crippen LogP) is 3.42. The van der Waals surface area contributed by atoms with Crippen LogP contribution < -0.4 is 0 Å². The standard InChI is InChI=1S/C13H17N3S2/c1-3-16(4-2)13(17)18-9-12-14-10-7-5-6-8-11(10)15-12/h5-8H,3-4,9H2,1-2H3,(H,14,15). The maximum atomic E-state index is 5.40. The lowest BCUT2D eigenvalue weighted by atomic mass is 10.3. The molecule has 1 heterocycles. The van der Waals surface area contributed by atoms with Crippen LogP contribution in [0.4, 0.5) is 0 Å². The van der Waals surface area contributed by atoms with Gasteiger partial charge in [-0.15, -0.1) is 0 Å². The first kappa shape index (κ1) is 13.4. The third-order valence-corrected chi connectivity index (χ3v) is 4.33. The molecule has 0 radical (unpaired) electrons. The molecular weight excluding hydrogens is 262 g/mol. The van der Waals surface area contributed by atoms with Crippen molar-refractivity contribution in [2.45, 2.75) is 19.6 Å². The fourth-order valence-corrected chi connectivity index (χ4v) is 3.05. The smallest absolute Gasteiger partial charge is 0.136 e. The maximum absolute atomic E-state index is 5.40. The molecule has 5 heteroatoms. The Morgan fingerprint density at radius 2 is 2.06 bits per heavy atom. The quantitative estimate of drug-likeness (QED) is 0.869. The summed E-state index contributed by atoms with van der Waals surface area (Å²) >= 11 is 7.07. The Morgan fingerprint density at radius 1 is 1.33 bits per heavy atom. The number of aromatic amines is 1. The molecule has 18 heavy (non-hydrogen) atoms. The van der Waals surface area contributed by atoms with Gasteiger partial charge in [0.25, 0.3) is 0 Å². The molecule has 3 nitrogen and oxygen atoms in total. The molecule has 0 unspecified atom stereocenters. The van der Waals surface area contributed by atoms with Crippen molar-refractivity contribution < 1.29 is 0 Å². The minimum Gasteiger partial charge on any atom is -0.358 e. The second-order valence-electron chi connectivity index (χ2n) is 3.93. The summed E-state index contributed by atoms with van der Waals surface area (Å²) in [6.45, 7) is 6.17. The van der Waals surface area contributed by atoms with Crippen molar-refractivity contribution in [3.8, 4) is 0 Å². The maximum Gasteiger partial charge on any atom is 0.136 e. The third-order valence-electron chi connectivity index (χ3n) is 2.79. The molecule has 0 aliphatic carbocycles. The number of nitrogens with one attached hydrogen (secondary N) is 1. The highest BCUT2D eigenvalue weighted by molar-refractivity contribution is 8.22. The predicted molar refractivity (Wildman–Crippen MR) is 82.9 cm³/mol. The van der Waals surface area contributed by atoms with E-state index in [0.717, 1.165) is 40.0 Å². The Hall–Kier alpha value is -1.07. The molecular formula is C13H17N3S2. The summed E-state index contributed by atoms with van der Waals surface area (Å²) in [4.78, 5) is 10.0.